The SMILES string of the molecule is CNCc1coc2cc(Oc3nc4ncccc4s3)ccc12. The Balaban J connectivity index is 1.66. The number of benzene rings is 1. The van der Waals surface area contributed by atoms with E-state index in [4.69, 9.17) is 9.15 Å². The van der Waals surface area contributed by atoms with Gasteiger partial charge >= 0.3 is 0 Å². The van der Waals surface area contributed by atoms with Crippen molar-refractivity contribution in [2.24, 2.45) is 0 Å². The van der Waals surface area contributed by atoms with Crippen LogP contribution in [-0.4, -0.2) is 17.0 Å². The fraction of sp³-hybridized carbons (Fsp3) is 0.125. The summed E-state index contributed by atoms with van der Waals surface area (Å²) in [6.07, 6.45) is 3.50. The van der Waals surface area contributed by atoms with Crippen LogP contribution in [0.3, 0.4) is 0 Å². The Labute approximate surface area is 130 Å². The largest absolute Gasteiger partial charge is 0.464 e. The molecule has 0 aliphatic carbocycles. The van der Waals surface area contributed by atoms with Crippen LogP contribution in [0.4, 0.5) is 0 Å². The highest BCUT2D eigenvalue weighted by Gasteiger charge is 2.09. The summed E-state index contributed by atoms with van der Waals surface area (Å²) in [5, 5.41) is 4.79. The molecule has 110 valence electrons. The van der Waals surface area contributed by atoms with Gasteiger partial charge in [-0.15, -0.1) is 0 Å². The second-order valence-corrected chi connectivity index (χ2v) is 5.85. The zero-order valence-corrected chi connectivity index (χ0v) is 12.7. The lowest BCUT2D eigenvalue weighted by Gasteiger charge is -2.01. The second kappa shape index (κ2) is 5.40. The fourth-order valence-electron chi connectivity index (χ4n) is 2.35. The van der Waals surface area contributed by atoms with Crippen molar-refractivity contribution < 1.29 is 9.15 Å². The van der Waals surface area contributed by atoms with E-state index in [0.717, 1.165) is 27.8 Å². The summed E-state index contributed by atoms with van der Waals surface area (Å²) in [6.45, 7) is 0.775. The molecule has 22 heavy (non-hydrogen) atoms. The number of fused-ring (bicyclic) bond motifs is 2. The van der Waals surface area contributed by atoms with Crippen LogP contribution in [-0.2, 0) is 6.54 Å². The molecule has 4 aromatic rings. The first kappa shape index (κ1) is 13.2. The number of hydrogen-bond acceptors (Lipinski definition) is 6. The summed E-state index contributed by atoms with van der Waals surface area (Å²) in [6, 6.07) is 9.69. The molecule has 0 bridgehead atoms. The van der Waals surface area contributed by atoms with E-state index in [-0.39, 0.29) is 0 Å². The van der Waals surface area contributed by atoms with Crippen molar-refractivity contribution in [3.63, 3.8) is 0 Å². The molecular weight excluding hydrogens is 298 g/mol. The van der Waals surface area contributed by atoms with Crippen LogP contribution in [0.25, 0.3) is 21.3 Å². The first-order chi connectivity index (χ1) is 10.8. The highest BCUT2D eigenvalue weighted by molar-refractivity contribution is 7.20. The standard InChI is InChI=1S/C16H13N3O2S/c1-17-8-10-9-20-13-7-11(4-5-12(10)13)21-16-19-15-14(22-16)3-2-6-18-15/h2-7,9,17H,8H2,1H3. The summed E-state index contributed by atoms with van der Waals surface area (Å²) in [7, 11) is 1.91. The van der Waals surface area contributed by atoms with Gasteiger partial charge in [-0.2, -0.15) is 4.98 Å². The van der Waals surface area contributed by atoms with Gasteiger partial charge in [0.1, 0.15) is 11.3 Å². The number of thiazole rings is 1. The van der Waals surface area contributed by atoms with Crippen molar-refractivity contribution in [3.8, 4) is 10.9 Å². The minimum absolute atomic E-state index is 0.579. The van der Waals surface area contributed by atoms with Gasteiger partial charge in [-0.05, 0) is 31.3 Å². The molecule has 0 atom stereocenters. The summed E-state index contributed by atoms with van der Waals surface area (Å²) in [5.74, 6) is 0.705. The van der Waals surface area contributed by atoms with Crippen LogP contribution < -0.4 is 10.1 Å². The molecule has 0 saturated heterocycles. The summed E-state index contributed by atoms with van der Waals surface area (Å²) < 4.78 is 12.4. The zero-order chi connectivity index (χ0) is 14.9. The Morgan fingerprint density at radius 3 is 3.14 bits per heavy atom. The van der Waals surface area contributed by atoms with Gasteiger partial charge in [0.05, 0.1) is 11.0 Å². The normalized spacial score (nSPS) is 11.3. The van der Waals surface area contributed by atoms with Gasteiger partial charge in [0.2, 0.25) is 0 Å². The summed E-state index contributed by atoms with van der Waals surface area (Å²) >= 11 is 1.47. The van der Waals surface area contributed by atoms with Crippen molar-refractivity contribution in [2.75, 3.05) is 7.05 Å². The van der Waals surface area contributed by atoms with Crippen LogP contribution in [0.15, 0.2) is 47.2 Å². The smallest absolute Gasteiger partial charge is 0.281 e. The number of ether oxygens (including phenoxy) is 1. The molecule has 0 spiro atoms. The van der Waals surface area contributed by atoms with E-state index in [0.29, 0.717) is 16.6 Å². The van der Waals surface area contributed by atoms with E-state index in [2.05, 4.69) is 15.3 Å². The third-order valence-corrected chi connectivity index (χ3v) is 4.23. The Bertz CT molecular complexity index is 912. The van der Waals surface area contributed by atoms with Crippen LogP contribution in [0.1, 0.15) is 5.56 Å². The molecule has 6 heteroatoms. The predicted molar refractivity (Wildman–Crippen MR) is 86.5 cm³/mol. The molecule has 0 amide bonds. The summed E-state index contributed by atoms with van der Waals surface area (Å²) in [5.41, 5.74) is 2.65. The van der Waals surface area contributed by atoms with Gasteiger partial charge in [0, 0.05) is 29.8 Å². The number of furan rings is 1. The van der Waals surface area contributed by atoms with Crippen molar-refractivity contribution in [1.29, 1.82) is 0 Å². The predicted octanol–water partition coefficient (Wildman–Crippen LogP) is 3.95. The maximum Gasteiger partial charge on any atom is 0.281 e. The summed E-state index contributed by atoms with van der Waals surface area (Å²) in [4.78, 5) is 8.58. The molecule has 4 rings (SSSR count). The van der Waals surface area contributed by atoms with Crippen LogP contribution >= 0.6 is 11.3 Å². The molecular formula is C16H13N3O2S. The molecule has 0 saturated carbocycles. The Hall–Kier alpha value is -2.44. The third-order valence-electron chi connectivity index (χ3n) is 3.34. The molecule has 0 fully saturated rings. The van der Waals surface area contributed by atoms with E-state index < -0.39 is 0 Å². The average Bonchev–Trinajstić information content (AvgIpc) is 3.11. The lowest BCUT2D eigenvalue weighted by atomic mass is 10.2. The number of aromatic nitrogens is 2. The molecule has 0 aliphatic rings. The molecule has 0 unspecified atom stereocenters. The molecule has 0 radical (unpaired) electrons. The van der Waals surface area contributed by atoms with Crippen LogP contribution in [0.2, 0.25) is 0 Å². The lowest BCUT2D eigenvalue weighted by molar-refractivity contribution is 0.479. The molecule has 3 heterocycles. The number of pyridine rings is 1. The van der Waals surface area contributed by atoms with E-state index in [9.17, 15) is 0 Å². The molecule has 0 aliphatic heterocycles. The average molecular weight is 311 g/mol. The first-order valence-corrected chi connectivity index (χ1v) is 7.69. The molecule has 1 N–H and O–H groups in total. The Kier molecular flexibility index (Phi) is 3.25. The van der Waals surface area contributed by atoms with Crippen molar-refractivity contribution in [3.05, 3.63) is 48.4 Å². The minimum atomic E-state index is 0.579. The number of hydrogen-bond donors (Lipinski definition) is 1. The minimum Gasteiger partial charge on any atom is -0.464 e. The third kappa shape index (κ3) is 2.32. The maximum absolute atomic E-state index is 5.83. The van der Waals surface area contributed by atoms with Gasteiger partial charge in [0.15, 0.2) is 5.65 Å². The van der Waals surface area contributed by atoms with Crippen molar-refractivity contribution in [1.82, 2.24) is 15.3 Å². The van der Waals surface area contributed by atoms with E-state index >= 15 is 0 Å². The quantitative estimate of drug-likeness (QED) is 0.618. The molecule has 1 aromatic carbocycles. The van der Waals surface area contributed by atoms with E-state index in [1.165, 1.54) is 11.3 Å². The Morgan fingerprint density at radius 2 is 2.27 bits per heavy atom. The fourth-order valence-corrected chi connectivity index (χ4v) is 3.14. The number of nitrogens with zero attached hydrogens (tertiary/aromatic N) is 2. The Morgan fingerprint density at radius 1 is 1.32 bits per heavy atom. The van der Waals surface area contributed by atoms with Gasteiger partial charge in [-0.25, -0.2) is 4.98 Å². The topological polar surface area (TPSA) is 60.2 Å². The highest BCUT2D eigenvalue weighted by atomic mass is 32.1. The van der Waals surface area contributed by atoms with Crippen LogP contribution in [0.5, 0.6) is 10.9 Å². The molecule has 5 nitrogen and oxygen atoms in total. The van der Waals surface area contributed by atoms with Gasteiger partial charge in [-0.1, -0.05) is 11.3 Å². The van der Waals surface area contributed by atoms with E-state index in [1.54, 1.807) is 12.5 Å². The zero-order valence-electron chi connectivity index (χ0n) is 11.9. The number of nitrogens with one attached hydrogen (secondary N) is 1. The number of rotatable bonds is 4. The maximum atomic E-state index is 5.83. The van der Waals surface area contributed by atoms with Gasteiger partial charge < -0.3 is 14.5 Å². The van der Waals surface area contributed by atoms with Gasteiger partial charge in [-0.3, -0.25) is 0 Å². The monoisotopic (exact) mass is 311 g/mol. The van der Waals surface area contributed by atoms with E-state index in [1.807, 2.05) is 37.4 Å². The second-order valence-electron chi connectivity index (χ2n) is 4.86. The van der Waals surface area contributed by atoms with Gasteiger partial charge in [0.25, 0.3) is 5.19 Å². The first-order valence-electron chi connectivity index (χ1n) is 6.87. The molecule has 3 aromatic heterocycles. The lowest BCUT2D eigenvalue weighted by Crippen LogP contribution is -2.03. The highest BCUT2D eigenvalue weighted by Crippen LogP contribution is 2.32. The van der Waals surface area contributed by atoms with Crippen molar-refractivity contribution in [2.45, 2.75) is 6.54 Å². The van der Waals surface area contributed by atoms with Crippen LogP contribution in [0, 0.1) is 0 Å². The van der Waals surface area contributed by atoms with Crippen molar-refractivity contribution >= 4 is 32.7 Å².